The van der Waals surface area contributed by atoms with Gasteiger partial charge in [-0.2, -0.15) is 13.2 Å². The fourth-order valence-electron chi connectivity index (χ4n) is 2.91. The predicted molar refractivity (Wildman–Crippen MR) is 115 cm³/mol. The van der Waals surface area contributed by atoms with Crippen molar-refractivity contribution in [3.8, 4) is 32.4 Å². The molecule has 0 aliphatic heterocycles. The number of aryl methyl sites for hydroxylation is 1. The number of nitrogens with two attached hydrogens (primary N) is 1. The summed E-state index contributed by atoms with van der Waals surface area (Å²) in [5.74, 6) is 0. The largest absolute Gasteiger partial charge is 0.416 e. The Hall–Kier alpha value is -2.60. The molecule has 0 radical (unpaired) electrons. The highest BCUT2D eigenvalue weighted by molar-refractivity contribution is 7.91. The fraction of sp³-hybridized carbons (Fsp3) is 0.100. The Bertz CT molecular complexity index is 1360. The molecule has 31 heavy (non-hydrogen) atoms. The third kappa shape index (κ3) is 4.69. The van der Waals surface area contributed by atoms with Crippen LogP contribution in [-0.4, -0.2) is 18.4 Å². The Morgan fingerprint density at radius 3 is 2.26 bits per heavy atom. The van der Waals surface area contributed by atoms with E-state index in [2.05, 4.69) is 9.97 Å². The number of thiophene rings is 1. The second kappa shape index (κ2) is 7.83. The van der Waals surface area contributed by atoms with E-state index in [1.807, 2.05) is 0 Å². The number of aromatic nitrogens is 2. The lowest BCUT2D eigenvalue weighted by atomic mass is 10.0. The van der Waals surface area contributed by atoms with E-state index in [4.69, 9.17) is 5.14 Å². The molecule has 0 atom stereocenters. The van der Waals surface area contributed by atoms with Crippen molar-refractivity contribution < 1.29 is 21.6 Å². The first kappa shape index (κ1) is 21.6. The Morgan fingerprint density at radius 2 is 1.65 bits per heavy atom. The maximum Gasteiger partial charge on any atom is 0.416 e. The normalized spacial score (nSPS) is 12.3. The van der Waals surface area contributed by atoms with Crippen LogP contribution in [0.15, 0.2) is 58.1 Å². The zero-order valence-corrected chi connectivity index (χ0v) is 18.3. The van der Waals surface area contributed by atoms with Crippen LogP contribution in [-0.2, 0) is 16.2 Å². The summed E-state index contributed by atoms with van der Waals surface area (Å²) in [6.45, 7) is 1.79. The van der Waals surface area contributed by atoms with Crippen molar-refractivity contribution in [1.29, 1.82) is 0 Å². The predicted octanol–water partition coefficient (Wildman–Crippen LogP) is 5.58. The zero-order valence-electron chi connectivity index (χ0n) is 15.8. The Morgan fingerprint density at radius 1 is 0.935 bits per heavy atom. The van der Waals surface area contributed by atoms with Crippen molar-refractivity contribution in [3.05, 3.63) is 65.2 Å². The minimum absolute atomic E-state index is 0.0512. The van der Waals surface area contributed by atoms with Gasteiger partial charge in [-0.15, -0.1) is 22.7 Å². The standard InChI is InChI=1S/C20H14F3N3O2S3/c1-11-8-13(12-2-4-14(5-3-12)20(21,22)23)9-15(25-11)19-26-16(10-29-19)17-6-7-18(30-17)31(24,27)28/h2-10H,1H3,(H2,24,27,28). The minimum atomic E-state index is -4.39. The van der Waals surface area contributed by atoms with Crippen LogP contribution in [0.5, 0.6) is 0 Å². The van der Waals surface area contributed by atoms with E-state index in [0.717, 1.165) is 29.0 Å². The molecule has 0 aliphatic rings. The maximum atomic E-state index is 12.8. The highest BCUT2D eigenvalue weighted by Crippen LogP contribution is 2.35. The summed E-state index contributed by atoms with van der Waals surface area (Å²) < 4.78 is 61.5. The summed E-state index contributed by atoms with van der Waals surface area (Å²) in [6, 6.07) is 11.6. The molecule has 0 saturated heterocycles. The van der Waals surface area contributed by atoms with E-state index in [9.17, 15) is 21.6 Å². The van der Waals surface area contributed by atoms with E-state index in [1.54, 1.807) is 30.5 Å². The molecular formula is C20H14F3N3O2S3. The molecule has 1 aromatic carbocycles. The fourth-order valence-corrected chi connectivity index (χ4v) is 5.46. The van der Waals surface area contributed by atoms with Gasteiger partial charge in [0.05, 0.1) is 21.8 Å². The SMILES string of the molecule is Cc1cc(-c2ccc(C(F)(F)F)cc2)cc(-c2nc(-c3ccc(S(N)(=O)=O)s3)cs2)n1. The van der Waals surface area contributed by atoms with Gasteiger partial charge in [0, 0.05) is 11.1 Å². The zero-order chi connectivity index (χ0) is 22.4. The molecule has 2 N–H and O–H groups in total. The molecule has 0 amide bonds. The van der Waals surface area contributed by atoms with Crippen LogP contribution >= 0.6 is 22.7 Å². The molecule has 4 rings (SSSR count). The van der Waals surface area contributed by atoms with Crippen LogP contribution in [0.1, 0.15) is 11.3 Å². The summed E-state index contributed by atoms with van der Waals surface area (Å²) in [4.78, 5) is 9.70. The Kier molecular flexibility index (Phi) is 5.46. The molecule has 0 aliphatic carbocycles. The second-order valence-electron chi connectivity index (χ2n) is 6.66. The smallest absolute Gasteiger partial charge is 0.251 e. The highest BCUT2D eigenvalue weighted by Gasteiger charge is 2.30. The Balaban J connectivity index is 1.67. The summed E-state index contributed by atoms with van der Waals surface area (Å²) in [7, 11) is -3.78. The number of primary sulfonamides is 1. The molecule has 0 spiro atoms. The van der Waals surface area contributed by atoms with Gasteiger partial charge in [0.25, 0.3) is 0 Å². The van der Waals surface area contributed by atoms with Crippen LogP contribution < -0.4 is 5.14 Å². The van der Waals surface area contributed by atoms with E-state index >= 15 is 0 Å². The second-order valence-corrected chi connectivity index (χ2v) is 10.4. The number of alkyl halides is 3. The van der Waals surface area contributed by atoms with Crippen LogP contribution in [0.2, 0.25) is 0 Å². The van der Waals surface area contributed by atoms with Crippen molar-refractivity contribution in [2.75, 3.05) is 0 Å². The summed E-state index contributed by atoms with van der Waals surface area (Å²) in [6.07, 6.45) is -4.39. The van der Waals surface area contributed by atoms with Gasteiger partial charge in [-0.25, -0.2) is 18.5 Å². The summed E-state index contributed by atoms with van der Waals surface area (Å²) >= 11 is 2.36. The lowest BCUT2D eigenvalue weighted by Gasteiger charge is -2.09. The van der Waals surface area contributed by atoms with Crippen molar-refractivity contribution in [1.82, 2.24) is 9.97 Å². The maximum absolute atomic E-state index is 12.8. The van der Waals surface area contributed by atoms with Gasteiger partial charge in [0.1, 0.15) is 9.22 Å². The van der Waals surface area contributed by atoms with Gasteiger partial charge >= 0.3 is 6.18 Å². The third-order valence-corrected chi connectivity index (χ3v) is 7.75. The van der Waals surface area contributed by atoms with Crippen molar-refractivity contribution >= 4 is 32.7 Å². The van der Waals surface area contributed by atoms with Crippen molar-refractivity contribution in [3.63, 3.8) is 0 Å². The van der Waals surface area contributed by atoms with Gasteiger partial charge in [0.2, 0.25) is 10.0 Å². The first-order chi connectivity index (χ1) is 14.5. The van der Waals surface area contributed by atoms with Gasteiger partial charge in [-0.05, 0) is 54.4 Å². The van der Waals surface area contributed by atoms with Gasteiger partial charge in [0.15, 0.2) is 0 Å². The molecule has 0 fully saturated rings. The van der Waals surface area contributed by atoms with Gasteiger partial charge < -0.3 is 0 Å². The quantitative estimate of drug-likeness (QED) is 0.413. The molecule has 3 aromatic heterocycles. The monoisotopic (exact) mass is 481 g/mol. The number of pyridine rings is 1. The molecule has 11 heteroatoms. The van der Waals surface area contributed by atoms with Crippen LogP contribution in [0.25, 0.3) is 32.4 Å². The summed E-state index contributed by atoms with van der Waals surface area (Å²) in [5.41, 5.74) is 2.51. The number of sulfonamides is 1. The number of thiazole rings is 1. The number of rotatable bonds is 4. The lowest BCUT2D eigenvalue weighted by molar-refractivity contribution is -0.137. The number of nitrogens with zero attached hydrogens (tertiary/aromatic N) is 2. The number of hydrogen-bond acceptors (Lipinski definition) is 6. The third-order valence-electron chi connectivity index (χ3n) is 4.34. The topological polar surface area (TPSA) is 85.9 Å². The molecule has 0 bridgehead atoms. The van der Waals surface area contributed by atoms with E-state index < -0.39 is 21.8 Å². The van der Waals surface area contributed by atoms with Crippen LogP contribution in [0.4, 0.5) is 13.2 Å². The first-order valence-corrected chi connectivity index (χ1v) is 12.0. The van der Waals surface area contributed by atoms with Crippen molar-refractivity contribution in [2.45, 2.75) is 17.3 Å². The van der Waals surface area contributed by atoms with Crippen LogP contribution in [0, 0.1) is 6.92 Å². The first-order valence-electron chi connectivity index (χ1n) is 8.76. The summed E-state index contributed by atoms with van der Waals surface area (Å²) in [5, 5.41) is 7.55. The van der Waals surface area contributed by atoms with E-state index in [0.29, 0.717) is 32.5 Å². The molecule has 160 valence electrons. The van der Waals surface area contributed by atoms with E-state index in [-0.39, 0.29) is 4.21 Å². The molecule has 4 aromatic rings. The average Bonchev–Trinajstić information content (AvgIpc) is 3.36. The van der Waals surface area contributed by atoms with Gasteiger partial charge in [-0.1, -0.05) is 12.1 Å². The molecule has 0 saturated carbocycles. The van der Waals surface area contributed by atoms with E-state index in [1.165, 1.54) is 29.5 Å². The molecule has 3 heterocycles. The minimum Gasteiger partial charge on any atom is -0.251 e. The molecular weight excluding hydrogens is 467 g/mol. The Labute approximate surface area is 184 Å². The number of hydrogen-bond donors (Lipinski definition) is 1. The number of halogens is 3. The lowest BCUT2D eigenvalue weighted by Crippen LogP contribution is -2.09. The average molecular weight is 482 g/mol. The van der Waals surface area contributed by atoms with Crippen molar-refractivity contribution in [2.24, 2.45) is 5.14 Å². The van der Waals surface area contributed by atoms with Crippen LogP contribution in [0.3, 0.4) is 0 Å². The molecule has 5 nitrogen and oxygen atoms in total. The van der Waals surface area contributed by atoms with Gasteiger partial charge in [-0.3, -0.25) is 4.98 Å². The highest BCUT2D eigenvalue weighted by atomic mass is 32.2. The number of benzene rings is 1. The molecule has 0 unspecified atom stereocenters.